The van der Waals surface area contributed by atoms with Crippen LogP contribution < -0.4 is 0 Å². The van der Waals surface area contributed by atoms with Crippen LogP contribution in [0.3, 0.4) is 0 Å². The molecule has 2 rings (SSSR count). The molecule has 2 saturated carbocycles. The normalized spacial score (nSPS) is 33.4. The monoisotopic (exact) mass is 410 g/mol. The van der Waals surface area contributed by atoms with E-state index in [9.17, 15) is 20.1 Å². The fourth-order valence-electron chi connectivity index (χ4n) is 5.38. The van der Waals surface area contributed by atoms with Crippen molar-refractivity contribution in [2.75, 3.05) is 7.11 Å². The maximum absolute atomic E-state index is 11.1. The number of methoxy groups -OCH3 is 1. The minimum absolute atomic E-state index is 0.0467. The highest BCUT2D eigenvalue weighted by molar-refractivity contribution is 5.68. The van der Waals surface area contributed by atoms with Gasteiger partial charge in [-0.2, -0.15) is 0 Å². The number of carbonyl (C=O) groups is 1. The van der Waals surface area contributed by atoms with Crippen molar-refractivity contribution in [1.82, 2.24) is 0 Å². The molecule has 3 N–H and O–H groups in total. The zero-order valence-corrected chi connectivity index (χ0v) is 18.3. The molecule has 7 atom stereocenters. The van der Waals surface area contributed by atoms with E-state index in [0.29, 0.717) is 18.8 Å². The molecule has 0 aliphatic heterocycles. The molecule has 0 heterocycles. The van der Waals surface area contributed by atoms with Gasteiger partial charge < -0.3 is 20.1 Å². The standard InChI is InChI=1S/C24H42O5/c1-3-8-17-11-12-18(15-17)21(25)14-13-20-19(22(26)16-23(20)27)9-6-4-5-7-10-24(28)29-2/h13-14,17-23,25-27H,3-12,15-16H2,1-2H3/t17?,18?,19-,20-,21-,22+,23-/m1/s1. The second-order valence-corrected chi connectivity index (χ2v) is 9.24. The van der Waals surface area contributed by atoms with E-state index in [-0.39, 0.29) is 17.8 Å². The average molecular weight is 411 g/mol. The zero-order chi connectivity index (χ0) is 21.2. The Morgan fingerprint density at radius 2 is 1.83 bits per heavy atom. The van der Waals surface area contributed by atoms with E-state index in [2.05, 4.69) is 11.7 Å². The Bertz CT molecular complexity index is 505. The van der Waals surface area contributed by atoms with Crippen LogP contribution in [0.25, 0.3) is 0 Å². The molecule has 0 saturated heterocycles. The third-order valence-electron chi connectivity index (χ3n) is 7.10. The van der Waals surface area contributed by atoms with Crippen molar-refractivity contribution in [2.45, 2.75) is 102 Å². The lowest BCUT2D eigenvalue weighted by Gasteiger charge is -2.22. The van der Waals surface area contributed by atoms with Crippen LogP contribution in [-0.4, -0.2) is 46.7 Å². The molecule has 2 unspecified atom stereocenters. The van der Waals surface area contributed by atoms with Gasteiger partial charge in [0.05, 0.1) is 25.4 Å². The van der Waals surface area contributed by atoms with Crippen molar-refractivity contribution < 1.29 is 24.9 Å². The van der Waals surface area contributed by atoms with Crippen molar-refractivity contribution in [2.24, 2.45) is 23.7 Å². The van der Waals surface area contributed by atoms with E-state index in [1.54, 1.807) is 0 Å². The molecular weight excluding hydrogens is 368 g/mol. The van der Waals surface area contributed by atoms with E-state index in [1.165, 1.54) is 26.4 Å². The van der Waals surface area contributed by atoms with Crippen LogP contribution in [-0.2, 0) is 9.53 Å². The van der Waals surface area contributed by atoms with Crippen molar-refractivity contribution in [1.29, 1.82) is 0 Å². The number of hydrogen-bond acceptors (Lipinski definition) is 5. The predicted octanol–water partition coefficient (Wildman–Crippen LogP) is 3.99. The van der Waals surface area contributed by atoms with Crippen molar-refractivity contribution in [3.63, 3.8) is 0 Å². The SMILES string of the molecule is CCCC1CCC([C@H](O)C=C[C@@H]2[C@@H](CCCCCCC(=O)OC)[C@@H](O)C[C@H]2O)C1. The molecule has 168 valence electrons. The van der Waals surface area contributed by atoms with Crippen LogP contribution in [0, 0.1) is 23.7 Å². The number of aliphatic hydroxyl groups is 3. The summed E-state index contributed by atoms with van der Waals surface area (Å²) in [5, 5.41) is 31.4. The molecule has 5 nitrogen and oxygen atoms in total. The Labute approximate surface area is 176 Å². The smallest absolute Gasteiger partial charge is 0.305 e. The molecule has 0 spiro atoms. The Balaban J connectivity index is 1.76. The first-order valence-corrected chi connectivity index (χ1v) is 11.8. The molecule has 29 heavy (non-hydrogen) atoms. The van der Waals surface area contributed by atoms with Gasteiger partial charge in [-0.3, -0.25) is 4.79 Å². The summed E-state index contributed by atoms with van der Waals surface area (Å²) in [5.41, 5.74) is 0. The van der Waals surface area contributed by atoms with Crippen LogP contribution in [0.5, 0.6) is 0 Å². The molecule has 0 aromatic rings. The first-order valence-electron chi connectivity index (χ1n) is 11.8. The maximum atomic E-state index is 11.1. The Kier molecular flexibility index (Phi) is 10.7. The number of unbranched alkanes of at least 4 members (excludes halogenated alkanes) is 3. The van der Waals surface area contributed by atoms with Crippen LogP contribution in [0.2, 0.25) is 0 Å². The van der Waals surface area contributed by atoms with Crippen molar-refractivity contribution >= 4 is 5.97 Å². The Hall–Kier alpha value is -0.910. The van der Waals surface area contributed by atoms with Gasteiger partial charge in [0.15, 0.2) is 0 Å². The summed E-state index contributed by atoms with van der Waals surface area (Å²) in [7, 11) is 1.41. The summed E-state index contributed by atoms with van der Waals surface area (Å²) >= 11 is 0. The number of hydrogen-bond donors (Lipinski definition) is 3. The summed E-state index contributed by atoms with van der Waals surface area (Å²) in [6.45, 7) is 2.22. The molecule has 0 radical (unpaired) electrons. The average Bonchev–Trinajstić information content (AvgIpc) is 3.27. The van der Waals surface area contributed by atoms with Crippen LogP contribution >= 0.6 is 0 Å². The van der Waals surface area contributed by atoms with Gasteiger partial charge in [-0.25, -0.2) is 0 Å². The predicted molar refractivity (Wildman–Crippen MR) is 114 cm³/mol. The van der Waals surface area contributed by atoms with Gasteiger partial charge in [0.25, 0.3) is 0 Å². The number of esters is 1. The van der Waals surface area contributed by atoms with Crippen LogP contribution in [0.4, 0.5) is 0 Å². The molecule has 0 aromatic carbocycles. The largest absolute Gasteiger partial charge is 0.469 e. The molecule has 0 bridgehead atoms. The third-order valence-corrected chi connectivity index (χ3v) is 7.10. The van der Waals surface area contributed by atoms with Crippen molar-refractivity contribution in [3.8, 4) is 0 Å². The van der Waals surface area contributed by atoms with Gasteiger partial charge in [-0.15, -0.1) is 0 Å². The molecule has 2 fully saturated rings. The Morgan fingerprint density at radius 3 is 2.55 bits per heavy atom. The lowest BCUT2D eigenvalue weighted by Crippen LogP contribution is -2.22. The fourth-order valence-corrected chi connectivity index (χ4v) is 5.38. The number of aliphatic hydroxyl groups excluding tert-OH is 3. The van der Waals surface area contributed by atoms with E-state index in [1.807, 2.05) is 12.2 Å². The van der Waals surface area contributed by atoms with Gasteiger partial charge in [0, 0.05) is 18.8 Å². The van der Waals surface area contributed by atoms with Gasteiger partial charge in [-0.05, 0) is 43.4 Å². The van der Waals surface area contributed by atoms with Crippen LogP contribution in [0.15, 0.2) is 12.2 Å². The summed E-state index contributed by atoms with van der Waals surface area (Å²) in [4.78, 5) is 11.1. The molecule has 2 aliphatic carbocycles. The summed E-state index contributed by atoms with van der Waals surface area (Å²) in [6.07, 6.45) is 13.8. The second kappa shape index (κ2) is 12.7. The fraction of sp³-hybridized carbons (Fsp3) is 0.875. The van der Waals surface area contributed by atoms with Gasteiger partial charge in [0.2, 0.25) is 0 Å². The summed E-state index contributed by atoms with van der Waals surface area (Å²) < 4.78 is 4.65. The molecule has 5 heteroatoms. The van der Waals surface area contributed by atoms with E-state index < -0.39 is 18.3 Å². The first kappa shape index (κ1) is 24.4. The highest BCUT2D eigenvalue weighted by Crippen LogP contribution is 2.39. The van der Waals surface area contributed by atoms with Crippen molar-refractivity contribution in [3.05, 3.63) is 12.2 Å². The third kappa shape index (κ3) is 7.69. The molecule has 2 aliphatic rings. The van der Waals surface area contributed by atoms with Gasteiger partial charge >= 0.3 is 5.97 Å². The van der Waals surface area contributed by atoms with Gasteiger partial charge in [-0.1, -0.05) is 57.6 Å². The van der Waals surface area contributed by atoms with Gasteiger partial charge in [0.1, 0.15) is 0 Å². The lowest BCUT2D eigenvalue weighted by molar-refractivity contribution is -0.140. The maximum Gasteiger partial charge on any atom is 0.305 e. The topological polar surface area (TPSA) is 87.0 Å². The number of rotatable bonds is 12. The minimum atomic E-state index is -0.533. The molecular formula is C24H42O5. The highest BCUT2D eigenvalue weighted by Gasteiger charge is 2.40. The van der Waals surface area contributed by atoms with E-state index in [4.69, 9.17) is 0 Å². The summed E-state index contributed by atoms with van der Waals surface area (Å²) in [6, 6.07) is 0. The van der Waals surface area contributed by atoms with E-state index in [0.717, 1.165) is 50.9 Å². The zero-order valence-electron chi connectivity index (χ0n) is 18.3. The quantitative estimate of drug-likeness (QED) is 0.257. The number of ether oxygens (including phenoxy) is 1. The lowest BCUT2D eigenvalue weighted by atomic mass is 9.87. The van der Waals surface area contributed by atoms with Crippen LogP contribution in [0.1, 0.15) is 84.0 Å². The van der Waals surface area contributed by atoms with E-state index >= 15 is 0 Å². The highest BCUT2D eigenvalue weighted by atomic mass is 16.5. The molecule has 0 amide bonds. The first-order chi connectivity index (χ1) is 14.0. The Morgan fingerprint density at radius 1 is 1.07 bits per heavy atom. The summed E-state index contributed by atoms with van der Waals surface area (Å²) in [5.74, 6) is 0.887. The number of carbonyl (C=O) groups excluding carboxylic acids is 1. The minimum Gasteiger partial charge on any atom is -0.469 e. The second-order valence-electron chi connectivity index (χ2n) is 9.24. The molecule has 0 aromatic heterocycles.